The highest BCUT2D eigenvalue weighted by Crippen LogP contribution is 2.18. The van der Waals surface area contributed by atoms with Crippen LogP contribution in [-0.2, 0) is 11.2 Å². The van der Waals surface area contributed by atoms with E-state index in [0.29, 0.717) is 6.54 Å². The Balaban J connectivity index is 1.58. The quantitative estimate of drug-likeness (QED) is 0.905. The number of fused-ring (bicyclic) bond motifs is 1. The molecule has 0 radical (unpaired) electrons. The Morgan fingerprint density at radius 1 is 1.14 bits per heavy atom. The standard InChI is InChI=1S/C18H22N2O/c21-18(17-10-3-4-12-19-17)20-13-11-15-8-5-7-14-6-1-2-9-16(14)15/h1-2,5-9,17,19H,3-4,10-13H2,(H,20,21). The normalized spacial score (nSPS) is 18.6. The van der Waals surface area contributed by atoms with E-state index in [9.17, 15) is 4.79 Å². The number of carbonyl (C=O) groups is 1. The molecule has 0 spiro atoms. The molecule has 1 atom stereocenters. The summed E-state index contributed by atoms with van der Waals surface area (Å²) in [4.78, 5) is 12.1. The van der Waals surface area contributed by atoms with E-state index in [4.69, 9.17) is 0 Å². The van der Waals surface area contributed by atoms with Gasteiger partial charge in [-0.05, 0) is 42.1 Å². The predicted molar refractivity (Wildman–Crippen MR) is 86.3 cm³/mol. The topological polar surface area (TPSA) is 41.1 Å². The molecule has 0 saturated carbocycles. The van der Waals surface area contributed by atoms with Gasteiger partial charge in [-0.25, -0.2) is 0 Å². The third-order valence-corrected chi connectivity index (χ3v) is 4.20. The molecule has 0 aliphatic carbocycles. The summed E-state index contributed by atoms with van der Waals surface area (Å²) in [6, 6.07) is 14.8. The van der Waals surface area contributed by atoms with Gasteiger partial charge in [0.1, 0.15) is 0 Å². The molecule has 2 aromatic rings. The van der Waals surface area contributed by atoms with Crippen molar-refractivity contribution in [1.82, 2.24) is 10.6 Å². The average Bonchev–Trinajstić information content (AvgIpc) is 2.56. The summed E-state index contributed by atoms with van der Waals surface area (Å²) in [5.41, 5.74) is 1.30. The molecule has 1 aliphatic rings. The maximum atomic E-state index is 12.1. The summed E-state index contributed by atoms with van der Waals surface area (Å²) < 4.78 is 0. The van der Waals surface area contributed by atoms with Crippen molar-refractivity contribution in [3.63, 3.8) is 0 Å². The van der Waals surface area contributed by atoms with Crippen LogP contribution in [-0.4, -0.2) is 25.0 Å². The maximum Gasteiger partial charge on any atom is 0.237 e. The third-order valence-electron chi connectivity index (χ3n) is 4.20. The molecule has 1 unspecified atom stereocenters. The molecule has 1 amide bonds. The molecule has 0 bridgehead atoms. The SMILES string of the molecule is O=C(NCCc1cccc2ccccc12)C1CCCCN1. The van der Waals surface area contributed by atoms with Crippen LogP contribution >= 0.6 is 0 Å². The fourth-order valence-electron chi connectivity index (χ4n) is 3.03. The molecule has 3 nitrogen and oxygen atoms in total. The minimum atomic E-state index is 0.00580. The second kappa shape index (κ2) is 6.72. The van der Waals surface area contributed by atoms with Crippen LogP contribution in [0.3, 0.4) is 0 Å². The zero-order valence-electron chi connectivity index (χ0n) is 12.3. The Kier molecular flexibility index (Phi) is 4.51. The van der Waals surface area contributed by atoms with Gasteiger partial charge in [0.25, 0.3) is 0 Å². The van der Waals surface area contributed by atoms with E-state index in [-0.39, 0.29) is 11.9 Å². The Labute approximate surface area is 125 Å². The van der Waals surface area contributed by atoms with Crippen LogP contribution in [0.2, 0.25) is 0 Å². The number of hydrogen-bond acceptors (Lipinski definition) is 2. The van der Waals surface area contributed by atoms with Gasteiger partial charge in [-0.1, -0.05) is 48.9 Å². The Bertz CT molecular complexity index is 612. The summed E-state index contributed by atoms with van der Waals surface area (Å²) in [6.07, 6.45) is 4.16. The molecule has 1 fully saturated rings. The second-order valence-electron chi connectivity index (χ2n) is 5.68. The molecule has 1 aliphatic heterocycles. The van der Waals surface area contributed by atoms with E-state index in [1.807, 2.05) is 0 Å². The highest BCUT2D eigenvalue weighted by atomic mass is 16.2. The zero-order valence-corrected chi connectivity index (χ0v) is 12.3. The number of nitrogens with one attached hydrogen (secondary N) is 2. The van der Waals surface area contributed by atoms with E-state index in [1.165, 1.54) is 22.8 Å². The van der Waals surface area contributed by atoms with Crippen molar-refractivity contribution in [3.05, 3.63) is 48.0 Å². The van der Waals surface area contributed by atoms with Gasteiger partial charge in [-0.3, -0.25) is 4.79 Å². The molecule has 1 heterocycles. The van der Waals surface area contributed by atoms with Crippen molar-refractivity contribution in [2.45, 2.75) is 31.7 Å². The van der Waals surface area contributed by atoms with Crippen molar-refractivity contribution in [3.8, 4) is 0 Å². The first-order valence-electron chi connectivity index (χ1n) is 7.82. The highest BCUT2D eigenvalue weighted by molar-refractivity contribution is 5.86. The molecular formula is C18H22N2O. The lowest BCUT2D eigenvalue weighted by Gasteiger charge is -2.22. The first kappa shape index (κ1) is 14.1. The van der Waals surface area contributed by atoms with Crippen LogP contribution in [0, 0.1) is 0 Å². The Morgan fingerprint density at radius 2 is 2.00 bits per heavy atom. The minimum absolute atomic E-state index is 0.00580. The molecule has 3 heteroatoms. The molecule has 3 rings (SSSR count). The lowest BCUT2D eigenvalue weighted by atomic mass is 10.0. The number of hydrogen-bond donors (Lipinski definition) is 2. The minimum Gasteiger partial charge on any atom is -0.354 e. The molecule has 21 heavy (non-hydrogen) atoms. The van der Waals surface area contributed by atoms with Gasteiger partial charge in [0, 0.05) is 6.54 Å². The number of piperidine rings is 1. The van der Waals surface area contributed by atoms with Crippen molar-refractivity contribution < 1.29 is 4.79 Å². The van der Waals surface area contributed by atoms with Gasteiger partial charge < -0.3 is 10.6 Å². The smallest absolute Gasteiger partial charge is 0.237 e. The van der Waals surface area contributed by atoms with E-state index >= 15 is 0 Å². The third kappa shape index (κ3) is 3.42. The summed E-state index contributed by atoms with van der Waals surface area (Å²) in [5.74, 6) is 0.148. The van der Waals surface area contributed by atoms with E-state index in [1.54, 1.807) is 0 Å². The molecule has 2 N–H and O–H groups in total. The number of rotatable bonds is 4. The summed E-state index contributed by atoms with van der Waals surface area (Å²) in [7, 11) is 0. The van der Waals surface area contributed by atoms with E-state index < -0.39 is 0 Å². The fourth-order valence-corrected chi connectivity index (χ4v) is 3.03. The summed E-state index contributed by atoms with van der Waals surface area (Å²) in [6.45, 7) is 1.66. The van der Waals surface area contributed by atoms with E-state index in [0.717, 1.165) is 25.8 Å². The number of benzene rings is 2. The molecule has 1 saturated heterocycles. The van der Waals surface area contributed by atoms with Crippen LogP contribution in [0.4, 0.5) is 0 Å². The zero-order chi connectivity index (χ0) is 14.5. The van der Waals surface area contributed by atoms with E-state index in [2.05, 4.69) is 53.1 Å². The van der Waals surface area contributed by atoms with Crippen molar-refractivity contribution in [1.29, 1.82) is 0 Å². The van der Waals surface area contributed by atoms with Crippen LogP contribution in [0.15, 0.2) is 42.5 Å². The lowest BCUT2D eigenvalue weighted by Crippen LogP contribution is -2.47. The second-order valence-corrected chi connectivity index (χ2v) is 5.68. The van der Waals surface area contributed by atoms with Crippen LogP contribution in [0.5, 0.6) is 0 Å². The largest absolute Gasteiger partial charge is 0.354 e. The van der Waals surface area contributed by atoms with Crippen LogP contribution in [0.25, 0.3) is 10.8 Å². The van der Waals surface area contributed by atoms with Crippen LogP contribution in [0.1, 0.15) is 24.8 Å². The number of amides is 1. The van der Waals surface area contributed by atoms with Gasteiger partial charge in [-0.15, -0.1) is 0 Å². The van der Waals surface area contributed by atoms with Crippen molar-refractivity contribution >= 4 is 16.7 Å². The van der Waals surface area contributed by atoms with Gasteiger partial charge in [0.2, 0.25) is 5.91 Å². The predicted octanol–water partition coefficient (Wildman–Crippen LogP) is 2.64. The van der Waals surface area contributed by atoms with Crippen LogP contribution < -0.4 is 10.6 Å². The average molecular weight is 282 g/mol. The summed E-state index contributed by atoms with van der Waals surface area (Å²) in [5, 5.41) is 8.89. The van der Waals surface area contributed by atoms with Gasteiger partial charge in [0.15, 0.2) is 0 Å². The highest BCUT2D eigenvalue weighted by Gasteiger charge is 2.19. The lowest BCUT2D eigenvalue weighted by molar-refractivity contribution is -0.123. The van der Waals surface area contributed by atoms with Crippen molar-refractivity contribution in [2.24, 2.45) is 0 Å². The Hall–Kier alpha value is -1.87. The van der Waals surface area contributed by atoms with Gasteiger partial charge in [-0.2, -0.15) is 0 Å². The first-order chi connectivity index (χ1) is 10.3. The van der Waals surface area contributed by atoms with Crippen molar-refractivity contribution in [2.75, 3.05) is 13.1 Å². The Morgan fingerprint density at radius 3 is 2.86 bits per heavy atom. The summed E-state index contributed by atoms with van der Waals surface area (Å²) >= 11 is 0. The molecular weight excluding hydrogens is 260 g/mol. The first-order valence-corrected chi connectivity index (χ1v) is 7.82. The van der Waals surface area contributed by atoms with Gasteiger partial charge in [0.05, 0.1) is 6.04 Å². The molecule has 2 aromatic carbocycles. The monoisotopic (exact) mass is 282 g/mol. The molecule has 110 valence electrons. The number of carbonyl (C=O) groups excluding carboxylic acids is 1. The molecule has 0 aromatic heterocycles. The maximum absolute atomic E-state index is 12.1. The van der Waals surface area contributed by atoms with Gasteiger partial charge >= 0.3 is 0 Å². The fraction of sp³-hybridized carbons (Fsp3) is 0.389.